The molecular formula is C22H32O5. The van der Waals surface area contributed by atoms with Crippen LogP contribution in [0.25, 0.3) is 0 Å². The van der Waals surface area contributed by atoms with Crippen molar-refractivity contribution in [3.8, 4) is 0 Å². The van der Waals surface area contributed by atoms with Gasteiger partial charge < -0.3 is 14.9 Å². The fourth-order valence-electron chi connectivity index (χ4n) is 7.87. The van der Waals surface area contributed by atoms with Crippen LogP contribution in [-0.2, 0) is 14.3 Å². The van der Waals surface area contributed by atoms with Crippen molar-refractivity contribution in [2.24, 2.45) is 28.1 Å². The summed E-state index contributed by atoms with van der Waals surface area (Å²) < 4.78 is 5.77. The largest absolute Gasteiger partial charge is 0.481 e. The van der Waals surface area contributed by atoms with Gasteiger partial charge in [-0.25, -0.2) is 0 Å². The Balaban J connectivity index is 1.84. The third-order valence-electron chi connectivity index (χ3n) is 9.18. The molecule has 0 aromatic carbocycles. The summed E-state index contributed by atoms with van der Waals surface area (Å²) >= 11 is 0. The van der Waals surface area contributed by atoms with Crippen LogP contribution < -0.4 is 0 Å². The molecule has 0 aromatic heterocycles. The van der Waals surface area contributed by atoms with Crippen molar-refractivity contribution >= 4 is 11.9 Å². The van der Waals surface area contributed by atoms with Gasteiger partial charge in [-0.2, -0.15) is 0 Å². The number of esters is 1. The lowest BCUT2D eigenvalue weighted by Gasteiger charge is -2.68. The van der Waals surface area contributed by atoms with Crippen molar-refractivity contribution in [1.29, 1.82) is 0 Å². The van der Waals surface area contributed by atoms with Crippen LogP contribution in [0.5, 0.6) is 0 Å². The van der Waals surface area contributed by atoms with Crippen LogP contribution in [0.15, 0.2) is 12.2 Å². The lowest BCUT2D eigenvalue weighted by molar-refractivity contribution is -0.278. The van der Waals surface area contributed by atoms with Crippen molar-refractivity contribution in [2.45, 2.75) is 83.8 Å². The van der Waals surface area contributed by atoms with Gasteiger partial charge in [0.05, 0.1) is 11.0 Å². The molecule has 4 aliphatic rings. The molecule has 0 aromatic rings. The Kier molecular flexibility index (Phi) is 3.93. The number of hydrogen-bond acceptors (Lipinski definition) is 4. The maximum Gasteiger partial charge on any atom is 0.309 e. The van der Waals surface area contributed by atoms with Crippen LogP contribution >= 0.6 is 0 Å². The Hall–Kier alpha value is -1.36. The molecule has 4 saturated carbocycles. The molecular weight excluding hydrogens is 344 g/mol. The standard InChI is InChI=1S/C22H32O5/c1-13-15-6-11-22(26)20(4)9-5-8-19(3,18(24)25)16(20)7-10-21(22,12-15)17(13)27-14(2)23/h15-17,26H,1,5-12H2,2-4H3,(H,24,25)/t15-,16+,17+,19-,20-,21+,22-/m1/s1. The average Bonchev–Trinajstić information content (AvgIpc) is 2.80. The number of carboxylic acids is 1. The van der Waals surface area contributed by atoms with Crippen LogP contribution in [0.2, 0.25) is 0 Å². The summed E-state index contributed by atoms with van der Waals surface area (Å²) in [7, 11) is 0. The van der Waals surface area contributed by atoms with E-state index in [4.69, 9.17) is 4.74 Å². The van der Waals surface area contributed by atoms with Gasteiger partial charge in [0.15, 0.2) is 0 Å². The van der Waals surface area contributed by atoms with E-state index in [0.717, 1.165) is 37.7 Å². The number of aliphatic hydroxyl groups is 1. The van der Waals surface area contributed by atoms with Crippen molar-refractivity contribution in [3.05, 3.63) is 12.2 Å². The topological polar surface area (TPSA) is 83.8 Å². The summed E-state index contributed by atoms with van der Waals surface area (Å²) in [5, 5.41) is 22.3. The van der Waals surface area contributed by atoms with E-state index in [-0.39, 0.29) is 17.8 Å². The SMILES string of the molecule is C=C1[C@@H]2CC[C@]3(O)[C@@](CC[C@H]4[C@](C)(C(=O)O)CCC[C@]43C)(C2)[C@H]1OC(C)=O. The van der Waals surface area contributed by atoms with E-state index in [9.17, 15) is 19.8 Å². The maximum atomic E-state index is 12.3. The highest BCUT2D eigenvalue weighted by Crippen LogP contribution is 2.74. The van der Waals surface area contributed by atoms with Crippen molar-refractivity contribution in [1.82, 2.24) is 0 Å². The first-order chi connectivity index (χ1) is 12.5. The lowest BCUT2D eigenvalue weighted by Crippen LogP contribution is -2.71. The molecule has 2 bridgehead atoms. The molecule has 0 heterocycles. The van der Waals surface area contributed by atoms with Gasteiger partial charge in [0.1, 0.15) is 6.10 Å². The number of ether oxygens (including phenoxy) is 1. The molecule has 5 heteroatoms. The predicted octanol–water partition coefficient (Wildman–Crippen LogP) is 3.70. The lowest BCUT2D eigenvalue weighted by atomic mass is 9.38. The summed E-state index contributed by atoms with van der Waals surface area (Å²) in [6, 6.07) is 0. The third-order valence-corrected chi connectivity index (χ3v) is 9.18. The number of carbonyl (C=O) groups excluding carboxylic acids is 1. The molecule has 27 heavy (non-hydrogen) atoms. The van der Waals surface area contributed by atoms with E-state index in [1.54, 1.807) is 0 Å². The van der Waals surface area contributed by atoms with Crippen molar-refractivity contribution < 1.29 is 24.5 Å². The Morgan fingerprint density at radius 3 is 2.48 bits per heavy atom. The zero-order valence-corrected chi connectivity index (χ0v) is 16.7. The van der Waals surface area contributed by atoms with Crippen LogP contribution in [0.3, 0.4) is 0 Å². The molecule has 0 unspecified atom stereocenters. The zero-order valence-electron chi connectivity index (χ0n) is 16.7. The van der Waals surface area contributed by atoms with Gasteiger partial charge in [0.25, 0.3) is 0 Å². The number of aliphatic carboxylic acids is 1. The fraction of sp³-hybridized carbons (Fsp3) is 0.818. The zero-order chi connectivity index (χ0) is 19.8. The Labute approximate surface area is 161 Å². The van der Waals surface area contributed by atoms with Gasteiger partial charge in [0, 0.05) is 17.8 Å². The third kappa shape index (κ3) is 2.10. The highest BCUT2D eigenvalue weighted by atomic mass is 16.5. The predicted molar refractivity (Wildman–Crippen MR) is 99.8 cm³/mol. The summed E-state index contributed by atoms with van der Waals surface area (Å²) in [5.74, 6) is -0.879. The minimum atomic E-state index is -1.03. The first kappa shape index (κ1) is 19.0. The number of rotatable bonds is 2. The van der Waals surface area contributed by atoms with E-state index in [0.29, 0.717) is 19.3 Å². The van der Waals surface area contributed by atoms with Gasteiger partial charge in [-0.05, 0) is 69.3 Å². The number of carbonyl (C=O) groups is 2. The van der Waals surface area contributed by atoms with Crippen LogP contribution in [0.4, 0.5) is 0 Å². The molecule has 0 saturated heterocycles. The van der Waals surface area contributed by atoms with Gasteiger partial charge in [-0.3, -0.25) is 9.59 Å². The first-order valence-corrected chi connectivity index (χ1v) is 10.3. The Morgan fingerprint density at radius 2 is 1.85 bits per heavy atom. The summed E-state index contributed by atoms with van der Waals surface area (Å²) in [5.41, 5.74) is -1.92. The Morgan fingerprint density at radius 1 is 1.15 bits per heavy atom. The molecule has 150 valence electrons. The maximum absolute atomic E-state index is 12.3. The molecule has 4 fully saturated rings. The molecule has 0 amide bonds. The molecule has 5 nitrogen and oxygen atoms in total. The normalized spacial score (nSPS) is 51.3. The van der Waals surface area contributed by atoms with Crippen molar-refractivity contribution in [2.75, 3.05) is 0 Å². The highest BCUT2D eigenvalue weighted by molar-refractivity contribution is 5.75. The molecule has 0 aliphatic heterocycles. The van der Waals surface area contributed by atoms with E-state index in [1.165, 1.54) is 6.92 Å². The number of hydrogen-bond donors (Lipinski definition) is 2. The van der Waals surface area contributed by atoms with Crippen LogP contribution in [0.1, 0.15) is 72.1 Å². The fourth-order valence-corrected chi connectivity index (χ4v) is 7.87. The van der Waals surface area contributed by atoms with Crippen LogP contribution in [-0.4, -0.2) is 33.9 Å². The summed E-state index contributed by atoms with van der Waals surface area (Å²) in [6.45, 7) is 9.63. The second kappa shape index (κ2) is 5.59. The average molecular weight is 376 g/mol. The first-order valence-electron chi connectivity index (χ1n) is 10.3. The highest BCUT2D eigenvalue weighted by Gasteiger charge is 2.75. The van der Waals surface area contributed by atoms with E-state index in [2.05, 4.69) is 13.5 Å². The summed E-state index contributed by atoms with van der Waals surface area (Å²) in [4.78, 5) is 24.0. The number of carboxylic acid groups (broad SMARTS) is 1. The second-order valence-electron chi connectivity index (χ2n) is 10.1. The molecule has 0 radical (unpaired) electrons. The molecule has 4 aliphatic carbocycles. The number of fused-ring (bicyclic) bond motifs is 3. The van der Waals surface area contributed by atoms with Gasteiger partial charge in [-0.1, -0.05) is 19.9 Å². The molecule has 2 N–H and O–H groups in total. The van der Waals surface area contributed by atoms with Crippen LogP contribution in [0, 0.1) is 28.1 Å². The van der Waals surface area contributed by atoms with Crippen molar-refractivity contribution in [3.63, 3.8) is 0 Å². The minimum absolute atomic E-state index is 0.0738. The van der Waals surface area contributed by atoms with E-state index < -0.39 is 33.9 Å². The monoisotopic (exact) mass is 376 g/mol. The summed E-state index contributed by atoms with van der Waals surface area (Å²) in [6.07, 6.45) is 5.54. The van der Waals surface area contributed by atoms with Gasteiger partial charge in [0.2, 0.25) is 0 Å². The molecule has 4 rings (SSSR count). The molecule has 1 spiro atoms. The smallest absolute Gasteiger partial charge is 0.309 e. The molecule has 7 atom stereocenters. The second-order valence-corrected chi connectivity index (χ2v) is 10.1. The minimum Gasteiger partial charge on any atom is -0.481 e. The van der Waals surface area contributed by atoms with Gasteiger partial charge in [-0.15, -0.1) is 0 Å². The Bertz CT molecular complexity index is 715. The van der Waals surface area contributed by atoms with Gasteiger partial charge >= 0.3 is 11.9 Å². The van der Waals surface area contributed by atoms with E-state index >= 15 is 0 Å². The quantitative estimate of drug-likeness (QED) is 0.567. The van der Waals surface area contributed by atoms with E-state index in [1.807, 2.05) is 6.92 Å².